The predicted molar refractivity (Wildman–Crippen MR) is 79.2 cm³/mol. The number of nitrogens with zero attached hydrogens (tertiary/aromatic N) is 1. The number of aromatic nitrogens is 1. The number of rotatable bonds is 5. The van der Waals surface area contributed by atoms with Crippen molar-refractivity contribution in [3.8, 4) is 0 Å². The van der Waals surface area contributed by atoms with Gasteiger partial charge in [0.25, 0.3) is 0 Å². The third kappa shape index (κ3) is 4.50. The molecule has 1 aliphatic rings. The molecule has 1 fully saturated rings. The second-order valence-electron chi connectivity index (χ2n) is 6.26. The fourth-order valence-electron chi connectivity index (χ4n) is 2.55. The summed E-state index contributed by atoms with van der Waals surface area (Å²) in [5.41, 5.74) is 1.67. The highest BCUT2D eigenvalue weighted by Gasteiger charge is 2.27. The maximum absolute atomic E-state index is 6.00. The van der Waals surface area contributed by atoms with Crippen LogP contribution in [0.3, 0.4) is 0 Å². The quantitative estimate of drug-likeness (QED) is 0.871. The molecule has 0 spiro atoms. The van der Waals surface area contributed by atoms with E-state index in [2.05, 4.69) is 37.1 Å². The summed E-state index contributed by atoms with van der Waals surface area (Å²) in [5.74, 6) is 0.936. The van der Waals surface area contributed by atoms with E-state index in [9.17, 15) is 0 Å². The van der Waals surface area contributed by atoms with E-state index in [1.165, 1.54) is 25.7 Å². The number of nitrogens with one attached hydrogen (secondary N) is 1. The standard InChI is InChI=1S/C16H26N2O/c1-4-17-15-6-5-13(11-18-15)12-19-14-7-9-16(2,3)10-8-14/h5-6,11,14H,4,7-10,12H2,1-3H3,(H,17,18). The van der Waals surface area contributed by atoms with Crippen molar-refractivity contribution in [2.45, 2.75) is 59.2 Å². The van der Waals surface area contributed by atoms with Crippen LogP contribution in [0.25, 0.3) is 0 Å². The van der Waals surface area contributed by atoms with Gasteiger partial charge < -0.3 is 10.1 Å². The van der Waals surface area contributed by atoms with Crippen molar-refractivity contribution in [2.75, 3.05) is 11.9 Å². The summed E-state index contributed by atoms with van der Waals surface area (Å²) in [4.78, 5) is 4.36. The van der Waals surface area contributed by atoms with Crippen LogP contribution in [0.1, 0.15) is 52.0 Å². The zero-order chi connectivity index (χ0) is 13.7. The third-order valence-electron chi connectivity index (χ3n) is 3.95. The van der Waals surface area contributed by atoms with Gasteiger partial charge in [0.15, 0.2) is 0 Å². The Labute approximate surface area is 116 Å². The van der Waals surface area contributed by atoms with Gasteiger partial charge in [0.05, 0.1) is 12.7 Å². The first kappa shape index (κ1) is 14.3. The molecule has 19 heavy (non-hydrogen) atoms. The van der Waals surface area contributed by atoms with E-state index in [-0.39, 0.29) is 0 Å². The van der Waals surface area contributed by atoms with E-state index in [0.29, 0.717) is 18.1 Å². The largest absolute Gasteiger partial charge is 0.373 e. The Morgan fingerprint density at radius 3 is 2.63 bits per heavy atom. The molecule has 1 heterocycles. The topological polar surface area (TPSA) is 34.1 Å². The minimum absolute atomic E-state index is 0.432. The molecular formula is C16H26N2O. The van der Waals surface area contributed by atoms with Crippen LogP contribution >= 0.6 is 0 Å². The lowest BCUT2D eigenvalue weighted by Crippen LogP contribution is -2.26. The van der Waals surface area contributed by atoms with Crippen molar-refractivity contribution in [1.82, 2.24) is 4.98 Å². The Morgan fingerprint density at radius 1 is 1.32 bits per heavy atom. The number of pyridine rings is 1. The summed E-state index contributed by atoms with van der Waals surface area (Å²) >= 11 is 0. The first-order chi connectivity index (χ1) is 9.09. The summed E-state index contributed by atoms with van der Waals surface area (Å²) in [6, 6.07) is 4.12. The molecule has 1 saturated carbocycles. The highest BCUT2D eigenvalue weighted by atomic mass is 16.5. The Balaban J connectivity index is 1.76. The summed E-state index contributed by atoms with van der Waals surface area (Å²) in [6.45, 7) is 8.37. The highest BCUT2D eigenvalue weighted by Crippen LogP contribution is 2.36. The average Bonchev–Trinajstić information content (AvgIpc) is 2.40. The van der Waals surface area contributed by atoms with E-state index in [4.69, 9.17) is 4.74 Å². The highest BCUT2D eigenvalue weighted by molar-refractivity contribution is 5.34. The molecular weight excluding hydrogens is 236 g/mol. The molecule has 0 radical (unpaired) electrons. The minimum Gasteiger partial charge on any atom is -0.373 e. The summed E-state index contributed by atoms with van der Waals surface area (Å²) in [6.07, 6.45) is 7.27. The molecule has 106 valence electrons. The van der Waals surface area contributed by atoms with Crippen LogP contribution in [-0.4, -0.2) is 17.6 Å². The summed E-state index contributed by atoms with van der Waals surface area (Å²) < 4.78 is 6.00. The van der Waals surface area contributed by atoms with Crippen LogP contribution in [0.2, 0.25) is 0 Å². The van der Waals surface area contributed by atoms with Crippen molar-refractivity contribution in [2.24, 2.45) is 5.41 Å². The van der Waals surface area contributed by atoms with Gasteiger partial charge in [-0.1, -0.05) is 19.9 Å². The zero-order valence-electron chi connectivity index (χ0n) is 12.4. The normalized spacial score (nSPS) is 19.3. The lowest BCUT2D eigenvalue weighted by atomic mass is 9.76. The SMILES string of the molecule is CCNc1ccc(COC2CCC(C)(C)CC2)cn1. The maximum atomic E-state index is 6.00. The fourth-order valence-corrected chi connectivity index (χ4v) is 2.55. The van der Waals surface area contributed by atoms with Gasteiger partial charge in [-0.05, 0) is 49.7 Å². The van der Waals surface area contributed by atoms with Crippen LogP contribution in [0, 0.1) is 5.41 Å². The lowest BCUT2D eigenvalue weighted by molar-refractivity contribution is -0.00567. The zero-order valence-corrected chi connectivity index (χ0v) is 12.4. The first-order valence-electron chi connectivity index (χ1n) is 7.39. The van der Waals surface area contributed by atoms with Crippen molar-refractivity contribution in [3.63, 3.8) is 0 Å². The van der Waals surface area contributed by atoms with Crippen molar-refractivity contribution >= 4 is 5.82 Å². The molecule has 0 aromatic carbocycles. The molecule has 0 aliphatic heterocycles. The van der Waals surface area contributed by atoms with Gasteiger partial charge in [-0.15, -0.1) is 0 Å². The van der Waals surface area contributed by atoms with Gasteiger partial charge in [0.1, 0.15) is 5.82 Å². The van der Waals surface area contributed by atoms with Crippen molar-refractivity contribution < 1.29 is 4.74 Å². The third-order valence-corrected chi connectivity index (χ3v) is 3.95. The van der Waals surface area contributed by atoms with Crippen LogP contribution in [0.4, 0.5) is 5.82 Å². The average molecular weight is 262 g/mol. The second-order valence-corrected chi connectivity index (χ2v) is 6.26. The van der Waals surface area contributed by atoms with Gasteiger partial charge >= 0.3 is 0 Å². The maximum Gasteiger partial charge on any atom is 0.125 e. The van der Waals surface area contributed by atoms with Gasteiger partial charge in [-0.2, -0.15) is 0 Å². The molecule has 0 saturated heterocycles. The molecule has 0 unspecified atom stereocenters. The van der Waals surface area contributed by atoms with E-state index in [0.717, 1.165) is 17.9 Å². The molecule has 0 amide bonds. The first-order valence-corrected chi connectivity index (χ1v) is 7.39. The number of hydrogen-bond acceptors (Lipinski definition) is 3. The number of hydrogen-bond donors (Lipinski definition) is 1. The van der Waals surface area contributed by atoms with Crippen LogP contribution < -0.4 is 5.32 Å². The van der Waals surface area contributed by atoms with Crippen LogP contribution in [-0.2, 0) is 11.3 Å². The molecule has 1 aromatic rings. The van der Waals surface area contributed by atoms with E-state index in [1.807, 2.05) is 12.3 Å². The van der Waals surface area contributed by atoms with E-state index in [1.54, 1.807) is 0 Å². The molecule has 1 aliphatic carbocycles. The number of ether oxygens (including phenoxy) is 1. The minimum atomic E-state index is 0.432. The smallest absolute Gasteiger partial charge is 0.125 e. The van der Waals surface area contributed by atoms with Gasteiger partial charge in [-0.3, -0.25) is 0 Å². The molecule has 3 nitrogen and oxygen atoms in total. The molecule has 3 heteroatoms. The van der Waals surface area contributed by atoms with Crippen molar-refractivity contribution in [1.29, 1.82) is 0 Å². The van der Waals surface area contributed by atoms with E-state index >= 15 is 0 Å². The molecule has 0 bridgehead atoms. The summed E-state index contributed by atoms with van der Waals surface area (Å²) in [7, 11) is 0. The van der Waals surface area contributed by atoms with Gasteiger partial charge in [0, 0.05) is 12.7 Å². The molecule has 1 aromatic heterocycles. The van der Waals surface area contributed by atoms with Crippen LogP contribution in [0.5, 0.6) is 0 Å². The summed E-state index contributed by atoms with van der Waals surface area (Å²) in [5, 5.41) is 3.20. The Hall–Kier alpha value is -1.09. The molecule has 0 atom stereocenters. The van der Waals surface area contributed by atoms with E-state index < -0.39 is 0 Å². The Kier molecular flexibility index (Phi) is 4.81. The monoisotopic (exact) mass is 262 g/mol. The second kappa shape index (κ2) is 6.38. The molecule has 1 N–H and O–H groups in total. The Morgan fingerprint density at radius 2 is 2.05 bits per heavy atom. The molecule has 2 rings (SSSR count). The van der Waals surface area contributed by atoms with Crippen molar-refractivity contribution in [3.05, 3.63) is 23.9 Å². The number of anilines is 1. The van der Waals surface area contributed by atoms with Crippen LogP contribution in [0.15, 0.2) is 18.3 Å². The fraction of sp³-hybridized carbons (Fsp3) is 0.688. The Bertz CT molecular complexity index is 376. The van der Waals surface area contributed by atoms with Gasteiger partial charge in [0.2, 0.25) is 0 Å². The van der Waals surface area contributed by atoms with Gasteiger partial charge in [-0.25, -0.2) is 4.98 Å². The lowest BCUT2D eigenvalue weighted by Gasteiger charge is -2.34. The predicted octanol–water partition coefficient (Wildman–Crippen LogP) is 4.00.